The third-order valence-corrected chi connectivity index (χ3v) is 4.85. The normalized spacial score (nSPS) is 25.7. The molecule has 1 saturated heterocycles. The van der Waals surface area contributed by atoms with Crippen LogP contribution in [0.5, 0.6) is 0 Å². The first-order valence-electron chi connectivity index (χ1n) is 8.86. The van der Waals surface area contributed by atoms with Gasteiger partial charge in [-0.25, -0.2) is 8.78 Å². The Morgan fingerprint density at radius 1 is 1.00 bits per heavy atom. The van der Waals surface area contributed by atoms with Crippen molar-refractivity contribution in [1.82, 2.24) is 5.32 Å². The van der Waals surface area contributed by atoms with Crippen LogP contribution in [0.15, 0.2) is 48.5 Å². The number of carbonyl (C=O) groups excluding carboxylic acids is 1. The molecule has 5 heteroatoms. The Kier molecular flexibility index (Phi) is 5.37. The number of hydrogen-bond donors (Lipinski definition) is 1. The number of rotatable bonds is 4. The van der Waals surface area contributed by atoms with Crippen LogP contribution in [-0.4, -0.2) is 11.4 Å². The molecule has 0 aliphatic carbocycles. The van der Waals surface area contributed by atoms with Gasteiger partial charge in [0.1, 0.15) is 11.6 Å². The van der Waals surface area contributed by atoms with E-state index in [1.54, 1.807) is 24.3 Å². The van der Waals surface area contributed by atoms with Crippen molar-refractivity contribution in [3.05, 3.63) is 71.3 Å². The zero-order valence-electron chi connectivity index (χ0n) is 15.0. The Bertz CT molecular complexity index is 705. The molecule has 0 saturated carbocycles. The molecule has 3 nitrogen and oxygen atoms in total. The Hall–Kier alpha value is -2.27. The van der Waals surface area contributed by atoms with Crippen molar-refractivity contribution in [2.45, 2.75) is 50.9 Å². The third kappa shape index (κ3) is 4.28. The van der Waals surface area contributed by atoms with E-state index in [0.29, 0.717) is 19.3 Å². The Morgan fingerprint density at radius 3 is 1.81 bits per heavy atom. The molecule has 3 rings (SSSR count). The molecule has 1 N–H and O–H groups in total. The molecule has 0 radical (unpaired) electrons. The molecule has 0 aromatic heterocycles. The average Bonchev–Trinajstić information content (AvgIpc) is 2.62. The highest BCUT2D eigenvalue weighted by Gasteiger charge is 2.40. The van der Waals surface area contributed by atoms with Crippen LogP contribution >= 0.6 is 0 Å². The highest BCUT2D eigenvalue weighted by Crippen LogP contribution is 2.43. The predicted molar refractivity (Wildman–Crippen MR) is 95.4 cm³/mol. The minimum atomic E-state index is -0.469. The van der Waals surface area contributed by atoms with Gasteiger partial charge in [0.2, 0.25) is 5.91 Å². The highest BCUT2D eigenvalue weighted by molar-refractivity contribution is 5.76. The monoisotopic (exact) mass is 359 g/mol. The minimum Gasteiger partial charge on any atom is -0.365 e. The lowest BCUT2D eigenvalue weighted by molar-refractivity contribution is -0.128. The van der Waals surface area contributed by atoms with E-state index in [4.69, 9.17) is 4.74 Å². The lowest BCUT2D eigenvalue weighted by atomic mass is 9.81. The molecule has 0 spiro atoms. The fraction of sp³-hybridized carbons (Fsp3) is 0.381. The maximum Gasteiger partial charge on any atom is 0.220 e. The average molecular weight is 359 g/mol. The van der Waals surface area contributed by atoms with Crippen LogP contribution in [0.25, 0.3) is 0 Å². The quantitative estimate of drug-likeness (QED) is 0.848. The van der Waals surface area contributed by atoms with Crippen LogP contribution in [0.3, 0.4) is 0 Å². The Labute approximate surface area is 152 Å². The summed E-state index contributed by atoms with van der Waals surface area (Å²) in [5.74, 6) is -0.631. The second kappa shape index (κ2) is 7.54. The molecule has 26 heavy (non-hydrogen) atoms. The summed E-state index contributed by atoms with van der Waals surface area (Å²) in [6, 6.07) is 12.4. The first-order valence-corrected chi connectivity index (χ1v) is 8.86. The second-order valence-corrected chi connectivity index (χ2v) is 7.09. The molecular weight excluding hydrogens is 336 g/mol. The van der Waals surface area contributed by atoms with Gasteiger partial charge in [-0.3, -0.25) is 4.79 Å². The number of amides is 1. The van der Waals surface area contributed by atoms with Crippen molar-refractivity contribution in [3.8, 4) is 0 Å². The van der Waals surface area contributed by atoms with Gasteiger partial charge in [0.25, 0.3) is 0 Å². The van der Waals surface area contributed by atoms with Crippen LogP contribution in [0.1, 0.15) is 56.4 Å². The number of nitrogens with one attached hydrogen (secondary N) is 1. The molecule has 2 aromatic carbocycles. The summed E-state index contributed by atoms with van der Waals surface area (Å²) in [6.07, 6.45) is 0.992. The number of carbonyl (C=O) groups is 1. The van der Waals surface area contributed by atoms with Crippen LogP contribution in [-0.2, 0) is 9.53 Å². The summed E-state index contributed by atoms with van der Waals surface area (Å²) in [4.78, 5) is 12.0. The SMILES string of the molecule is CCC(=O)NC1(C)C[C@@H](c2ccc(F)cc2)O[C@@H](c2ccc(F)cc2)C1. The number of halogens is 2. The molecule has 1 aliphatic rings. The zero-order valence-corrected chi connectivity index (χ0v) is 15.0. The largest absolute Gasteiger partial charge is 0.365 e. The van der Waals surface area contributed by atoms with E-state index in [0.717, 1.165) is 11.1 Å². The Balaban J connectivity index is 1.90. The van der Waals surface area contributed by atoms with Crippen molar-refractivity contribution in [2.24, 2.45) is 0 Å². The van der Waals surface area contributed by atoms with Gasteiger partial charge < -0.3 is 10.1 Å². The summed E-state index contributed by atoms with van der Waals surface area (Å²) in [6.45, 7) is 3.81. The van der Waals surface area contributed by atoms with E-state index in [1.165, 1.54) is 24.3 Å². The van der Waals surface area contributed by atoms with E-state index in [1.807, 2.05) is 13.8 Å². The van der Waals surface area contributed by atoms with Crippen molar-refractivity contribution >= 4 is 5.91 Å². The minimum absolute atomic E-state index is 0.0230. The van der Waals surface area contributed by atoms with Crippen molar-refractivity contribution in [2.75, 3.05) is 0 Å². The van der Waals surface area contributed by atoms with Crippen LogP contribution in [0.4, 0.5) is 8.78 Å². The summed E-state index contributed by atoms with van der Waals surface area (Å²) in [7, 11) is 0. The molecule has 2 aromatic rings. The maximum atomic E-state index is 13.3. The molecule has 1 amide bonds. The lowest BCUT2D eigenvalue weighted by Crippen LogP contribution is -2.50. The molecule has 0 bridgehead atoms. The van der Waals surface area contributed by atoms with E-state index < -0.39 is 5.54 Å². The summed E-state index contributed by atoms with van der Waals surface area (Å²) >= 11 is 0. The predicted octanol–water partition coefficient (Wildman–Crippen LogP) is 4.84. The van der Waals surface area contributed by atoms with Gasteiger partial charge in [-0.2, -0.15) is 0 Å². The van der Waals surface area contributed by atoms with Crippen LogP contribution in [0.2, 0.25) is 0 Å². The number of hydrogen-bond acceptors (Lipinski definition) is 2. The van der Waals surface area contributed by atoms with Crippen molar-refractivity contribution < 1.29 is 18.3 Å². The Morgan fingerprint density at radius 2 is 1.42 bits per heavy atom. The van der Waals surface area contributed by atoms with Crippen molar-refractivity contribution in [1.29, 1.82) is 0 Å². The van der Waals surface area contributed by atoms with E-state index in [-0.39, 0.29) is 29.7 Å². The van der Waals surface area contributed by atoms with Crippen LogP contribution < -0.4 is 5.32 Å². The fourth-order valence-electron chi connectivity index (χ4n) is 3.47. The summed E-state index contributed by atoms with van der Waals surface area (Å²) in [5.41, 5.74) is 1.24. The molecule has 3 atom stereocenters. The first kappa shape index (κ1) is 18.5. The molecule has 138 valence electrons. The molecule has 1 fully saturated rings. The van der Waals surface area contributed by atoms with Crippen molar-refractivity contribution in [3.63, 3.8) is 0 Å². The van der Waals surface area contributed by atoms with Gasteiger partial charge in [0, 0.05) is 24.8 Å². The molecular formula is C21H23F2NO2. The third-order valence-electron chi connectivity index (χ3n) is 4.85. The van der Waals surface area contributed by atoms with Gasteiger partial charge in [0.05, 0.1) is 12.2 Å². The van der Waals surface area contributed by atoms with Gasteiger partial charge in [-0.1, -0.05) is 31.2 Å². The van der Waals surface area contributed by atoms with Gasteiger partial charge in [0.15, 0.2) is 0 Å². The van der Waals surface area contributed by atoms with E-state index in [2.05, 4.69) is 5.32 Å². The smallest absolute Gasteiger partial charge is 0.220 e. The molecule has 1 heterocycles. The summed E-state index contributed by atoms with van der Waals surface area (Å²) in [5, 5.41) is 3.10. The molecule has 1 unspecified atom stereocenters. The van der Waals surface area contributed by atoms with Gasteiger partial charge in [-0.15, -0.1) is 0 Å². The standard InChI is InChI=1S/C21H23F2NO2/c1-3-20(25)24-21(2)12-18(14-4-8-16(22)9-5-14)26-19(13-21)15-6-10-17(23)11-7-15/h4-11,18-19H,3,12-13H2,1-2H3,(H,24,25)/t18-,19+,21?. The highest BCUT2D eigenvalue weighted by atomic mass is 19.1. The molecule has 1 aliphatic heterocycles. The van der Waals surface area contributed by atoms with Gasteiger partial charge in [-0.05, 0) is 42.3 Å². The first-order chi connectivity index (χ1) is 12.4. The fourth-order valence-corrected chi connectivity index (χ4v) is 3.47. The summed E-state index contributed by atoms with van der Waals surface area (Å²) < 4.78 is 32.8. The van der Waals surface area contributed by atoms with Crippen LogP contribution in [0, 0.1) is 11.6 Å². The number of ether oxygens (including phenoxy) is 1. The number of benzene rings is 2. The second-order valence-electron chi connectivity index (χ2n) is 7.09. The van der Waals surface area contributed by atoms with Gasteiger partial charge >= 0.3 is 0 Å². The van der Waals surface area contributed by atoms with E-state index >= 15 is 0 Å². The zero-order chi connectivity index (χ0) is 18.7. The van der Waals surface area contributed by atoms with E-state index in [9.17, 15) is 13.6 Å². The lowest BCUT2D eigenvalue weighted by Gasteiger charge is -2.43. The maximum absolute atomic E-state index is 13.3. The topological polar surface area (TPSA) is 38.3 Å².